The maximum Gasteiger partial charge on any atom is 0.263 e. The van der Waals surface area contributed by atoms with Gasteiger partial charge >= 0.3 is 0 Å². The lowest BCUT2D eigenvalue weighted by Crippen LogP contribution is -2.43. The van der Waals surface area contributed by atoms with Crippen molar-refractivity contribution in [1.29, 1.82) is 0 Å². The second-order valence-corrected chi connectivity index (χ2v) is 6.77. The fraction of sp³-hybridized carbons (Fsp3) is 0.750. The molecule has 1 fully saturated rings. The van der Waals surface area contributed by atoms with Gasteiger partial charge in [0, 0.05) is 23.8 Å². The van der Waals surface area contributed by atoms with Crippen LogP contribution in [0, 0.1) is 6.92 Å². The second-order valence-electron chi connectivity index (χ2n) is 4.96. The summed E-state index contributed by atoms with van der Waals surface area (Å²) in [5.41, 5.74) is 0.978. The molecule has 0 bridgehead atoms. The summed E-state index contributed by atoms with van der Waals surface area (Å²) in [6, 6.07) is 0.0438. The molecule has 1 unspecified atom stereocenters. The van der Waals surface area contributed by atoms with Gasteiger partial charge in [0.1, 0.15) is 0 Å². The zero-order chi connectivity index (χ0) is 14.0. The van der Waals surface area contributed by atoms with Gasteiger partial charge in [-0.2, -0.15) is 9.40 Å². The SMILES string of the molecule is CCC1CCCCN1S(=O)(=O)c1n[nH]c(C)c1CO. The van der Waals surface area contributed by atoms with Crippen LogP contribution in [0.2, 0.25) is 0 Å². The predicted octanol–water partition coefficient (Wildman–Crippen LogP) is 1.16. The van der Waals surface area contributed by atoms with Gasteiger partial charge in [0.05, 0.1) is 6.61 Å². The number of H-pyrrole nitrogens is 1. The van der Waals surface area contributed by atoms with E-state index in [1.54, 1.807) is 11.2 Å². The van der Waals surface area contributed by atoms with E-state index < -0.39 is 10.0 Å². The van der Waals surface area contributed by atoms with E-state index in [2.05, 4.69) is 10.2 Å². The summed E-state index contributed by atoms with van der Waals surface area (Å²) in [4.78, 5) is 0. The van der Waals surface area contributed by atoms with Gasteiger partial charge in [-0.25, -0.2) is 8.42 Å². The van der Waals surface area contributed by atoms with Crippen LogP contribution in [0.25, 0.3) is 0 Å². The highest BCUT2D eigenvalue weighted by Gasteiger charge is 2.35. The zero-order valence-electron chi connectivity index (χ0n) is 11.4. The third kappa shape index (κ3) is 2.54. The number of nitrogens with zero attached hydrogens (tertiary/aromatic N) is 2. The van der Waals surface area contributed by atoms with E-state index in [0.29, 0.717) is 17.8 Å². The molecule has 0 amide bonds. The van der Waals surface area contributed by atoms with Crippen LogP contribution < -0.4 is 0 Å². The molecule has 6 nitrogen and oxygen atoms in total. The molecule has 0 aromatic carbocycles. The van der Waals surface area contributed by atoms with Crippen molar-refractivity contribution in [2.75, 3.05) is 6.54 Å². The van der Waals surface area contributed by atoms with Crippen molar-refractivity contribution < 1.29 is 13.5 Å². The summed E-state index contributed by atoms with van der Waals surface area (Å²) in [6.45, 7) is 3.94. The summed E-state index contributed by atoms with van der Waals surface area (Å²) in [5, 5.41) is 15.8. The van der Waals surface area contributed by atoms with Gasteiger partial charge in [0.25, 0.3) is 10.0 Å². The Bertz CT molecular complexity index is 538. The van der Waals surface area contributed by atoms with Crippen molar-refractivity contribution in [3.8, 4) is 0 Å². The molecule has 0 aliphatic carbocycles. The van der Waals surface area contributed by atoms with Crippen LogP contribution in [0.3, 0.4) is 0 Å². The van der Waals surface area contributed by atoms with E-state index in [9.17, 15) is 13.5 Å². The normalized spacial score (nSPS) is 21.7. The van der Waals surface area contributed by atoms with Gasteiger partial charge < -0.3 is 5.11 Å². The molecule has 0 radical (unpaired) electrons. The first kappa shape index (κ1) is 14.5. The van der Waals surface area contributed by atoms with Gasteiger partial charge in [-0.1, -0.05) is 13.3 Å². The number of aliphatic hydroxyl groups is 1. The molecule has 19 heavy (non-hydrogen) atoms. The van der Waals surface area contributed by atoms with Crippen LogP contribution in [-0.2, 0) is 16.6 Å². The Hall–Kier alpha value is -0.920. The first-order chi connectivity index (χ1) is 9.02. The van der Waals surface area contributed by atoms with Gasteiger partial charge in [0.2, 0.25) is 0 Å². The van der Waals surface area contributed by atoms with E-state index in [-0.39, 0.29) is 17.7 Å². The second kappa shape index (κ2) is 5.60. The number of aryl methyl sites for hydroxylation is 1. The van der Waals surface area contributed by atoms with E-state index in [4.69, 9.17) is 0 Å². The third-order valence-electron chi connectivity index (χ3n) is 3.79. The number of piperidine rings is 1. The minimum Gasteiger partial charge on any atom is -0.392 e. The Kier molecular flexibility index (Phi) is 4.27. The summed E-state index contributed by atoms with van der Waals surface area (Å²) in [6.07, 6.45) is 3.65. The number of hydrogen-bond acceptors (Lipinski definition) is 4. The molecule has 1 aliphatic rings. The highest BCUT2D eigenvalue weighted by molar-refractivity contribution is 7.89. The molecule has 1 atom stereocenters. The molecule has 7 heteroatoms. The van der Waals surface area contributed by atoms with Crippen LogP contribution >= 0.6 is 0 Å². The van der Waals surface area contributed by atoms with Crippen LogP contribution in [0.15, 0.2) is 5.03 Å². The standard InChI is InChI=1S/C12H21N3O3S/c1-3-10-6-4-5-7-15(10)19(17,18)12-11(8-16)9(2)13-14-12/h10,16H,3-8H2,1-2H3,(H,13,14). The van der Waals surface area contributed by atoms with E-state index >= 15 is 0 Å². The molecule has 108 valence electrons. The third-order valence-corrected chi connectivity index (χ3v) is 5.72. The van der Waals surface area contributed by atoms with Gasteiger partial charge in [0.15, 0.2) is 5.03 Å². The molecule has 2 heterocycles. The summed E-state index contributed by atoms with van der Waals surface area (Å²) >= 11 is 0. The molecular weight excluding hydrogens is 266 g/mol. The average Bonchev–Trinajstić information content (AvgIpc) is 2.80. The molecule has 1 aromatic rings. The summed E-state index contributed by atoms with van der Waals surface area (Å²) in [7, 11) is -3.61. The highest BCUT2D eigenvalue weighted by atomic mass is 32.2. The molecule has 1 aromatic heterocycles. The first-order valence-corrected chi connectivity index (χ1v) is 8.13. The lowest BCUT2D eigenvalue weighted by atomic mass is 10.0. The number of rotatable bonds is 4. The van der Waals surface area contributed by atoms with Crippen molar-refractivity contribution in [3.05, 3.63) is 11.3 Å². The number of nitrogens with one attached hydrogen (secondary N) is 1. The van der Waals surface area contributed by atoms with Crippen LogP contribution in [0.1, 0.15) is 43.9 Å². The van der Waals surface area contributed by atoms with Crippen LogP contribution in [0.4, 0.5) is 0 Å². The number of aromatic amines is 1. The number of hydrogen-bond donors (Lipinski definition) is 2. The van der Waals surface area contributed by atoms with Crippen LogP contribution in [0.5, 0.6) is 0 Å². The first-order valence-electron chi connectivity index (χ1n) is 6.69. The van der Waals surface area contributed by atoms with E-state index in [1.807, 2.05) is 6.92 Å². The Balaban J connectivity index is 2.40. The van der Waals surface area contributed by atoms with E-state index in [0.717, 1.165) is 25.7 Å². The predicted molar refractivity (Wildman–Crippen MR) is 71.1 cm³/mol. The number of aromatic nitrogens is 2. The maximum atomic E-state index is 12.7. The fourth-order valence-corrected chi connectivity index (χ4v) is 4.57. The van der Waals surface area contributed by atoms with E-state index in [1.165, 1.54) is 0 Å². The highest BCUT2D eigenvalue weighted by Crippen LogP contribution is 2.28. The number of sulfonamides is 1. The quantitative estimate of drug-likeness (QED) is 0.870. The minimum absolute atomic E-state index is 0.0205. The molecule has 0 saturated carbocycles. The summed E-state index contributed by atoms with van der Waals surface area (Å²) in [5.74, 6) is 0. The minimum atomic E-state index is -3.61. The molecule has 1 saturated heterocycles. The van der Waals surface area contributed by atoms with Crippen molar-refractivity contribution in [2.45, 2.75) is 57.2 Å². The molecule has 2 rings (SSSR count). The Labute approximate surface area is 113 Å². The molecule has 1 aliphatic heterocycles. The summed E-state index contributed by atoms with van der Waals surface area (Å²) < 4.78 is 26.9. The fourth-order valence-electron chi connectivity index (χ4n) is 2.64. The van der Waals surface area contributed by atoms with Crippen molar-refractivity contribution >= 4 is 10.0 Å². The van der Waals surface area contributed by atoms with Crippen molar-refractivity contribution in [3.63, 3.8) is 0 Å². The Morgan fingerprint density at radius 2 is 2.21 bits per heavy atom. The molecule has 2 N–H and O–H groups in total. The largest absolute Gasteiger partial charge is 0.392 e. The average molecular weight is 287 g/mol. The van der Waals surface area contributed by atoms with Gasteiger partial charge in [-0.3, -0.25) is 5.10 Å². The monoisotopic (exact) mass is 287 g/mol. The Morgan fingerprint density at radius 3 is 2.84 bits per heavy atom. The van der Waals surface area contributed by atoms with Gasteiger partial charge in [-0.15, -0.1) is 0 Å². The zero-order valence-corrected chi connectivity index (χ0v) is 12.2. The Morgan fingerprint density at radius 1 is 1.47 bits per heavy atom. The lowest BCUT2D eigenvalue weighted by Gasteiger charge is -2.33. The lowest BCUT2D eigenvalue weighted by molar-refractivity contribution is 0.244. The topological polar surface area (TPSA) is 86.3 Å². The van der Waals surface area contributed by atoms with Crippen molar-refractivity contribution in [1.82, 2.24) is 14.5 Å². The van der Waals surface area contributed by atoms with Crippen molar-refractivity contribution in [2.24, 2.45) is 0 Å². The van der Waals surface area contributed by atoms with Gasteiger partial charge in [-0.05, 0) is 26.2 Å². The maximum absolute atomic E-state index is 12.7. The molecular formula is C12H21N3O3S. The van der Waals surface area contributed by atoms with Crippen LogP contribution in [-0.4, -0.2) is 40.6 Å². The number of aliphatic hydroxyl groups excluding tert-OH is 1. The molecule has 0 spiro atoms. The smallest absolute Gasteiger partial charge is 0.263 e.